The molecule has 1 aromatic heterocycles. The monoisotopic (exact) mass is 469 g/mol. The lowest BCUT2D eigenvalue weighted by Crippen LogP contribution is -2.48. The average Bonchev–Trinajstić information content (AvgIpc) is 3.30. The van der Waals surface area contributed by atoms with Crippen LogP contribution < -0.4 is 4.74 Å². The number of carbonyl (C=O) groups excluding carboxylic acids is 1. The van der Waals surface area contributed by atoms with Gasteiger partial charge < -0.3 is 19.5 Å². The summed E-state index contributed by atoms with van der Waals surface area (Å²) >= 11 is 5.92. The number of ether oxygens (including phenoxy) is 2. The Balaban J connectivity index is 1.30. The predicted octanol–water partition coefficient (Wildman–Crippen LogP) is 5.06. The van der Waals surface area contributed by atoms with Gasteiger partial charge in [0.1, 0.15) is 11.5 Å². The van der Waals surface area contributed by atoms with Gasteiger partial charge in [-0.15, -0.1) is 0 Å². The molecule has 3 aromatic rings. The van der Waals surface area contributed by atoms with Crippen molar-refractivity contribution >= 4 is 23.6 Å². The van der Waals surface area contributed by atoms with Crippen LogP contribution in [0.15, 0.2) is 60.8 Å². The zero-order valence-corrected chi connectivity index (χ0v) is 18.8. The molecular weight excluding hydrogens is 446 g/mol. The second kappa shape index (κ2) is 10.1. The molecule has 9 heteroatoms. The molecule has 8 nitrogen and oxygen atoms in total. The Hall–Kier alpha value is -3.36. The first-order chi connectivity index (χ1) is 15.9. The van der Waals surface area contributed by atoms with E-state index in [1.807, 2.05) is 43.3 Å². The summed E-state index contributed by atoms with van der Waals surface area (Å²) in [7, 11) is 0. The Morgan fingerprint density at radius 2 is 1.94 bits per heavy atom. The summed E-state index contributed by atoms with van der Waals surface area (Å²) in [5.41, 5.74) is 0.835. The van der Waals surface area contributed by atoms with E-state index in [2.05, 4.69) is 5.10 Å². The van der Waals surface area contributed by atoms with Gasteiger partial charge >= 0.3 is 12.0 Å². The second-order valence-electron chi connectivity index (χ2n) is 7.94. The van der Waals surface area contributed by atoms with Crippen molar-refractivity contribution in [2.75, 3.05) is 6.54 Å². The Labute approximate surface area is 196 Å². The van der Waals surface area contributed by atoms with Crippen LogP contribution in [0.3, 0.4) is 0 Å². The van der Waals surface area contributed by atoms with Gasteiger partial charge in [-0.25, -0.2) is 9.59 Å². The molecule has 2 atom stereocenters. The van der Waals surface area contributed by atoms with Crippen molar-refractivity contribution in [1.82, 2.24) is 14.7 Å². The quantitative estimate of drug-likeness (QED) is 0.542. The fourth-order valence-electron chi connectivity index (χ4n) is 3.79. The molecule has 0 bridgehead atoms. The number of carboxylic acids is 1. The van der Waals surface area contributed by atoms with Crippen LogP contribution in [0, 0.1) is 0 Å². The van der Waals surface area contributed by atoms with Gasteiger partial charge in [-0.1, -0.05) is 23.7 Å². The lowest BCUT2D eigenvalue weighted by atomic mass is 10.0. The van der Waals surface area contributed by atoms with E-state index in [0.717, 1.165) is 10.2 Å². The van der Waals surface area contributed by atoms with Gasteiger partial charge in [0, 0.05) is 23.8 Å². The Morgan fingerprint density at radius 3 is 2.64 bits per heavy atom. The van der Waals surface area contributed by atoms with Gasteiger partial charge in [0.15, 0.2) is 5.69 Å². The number of halogens is 1. The highest BCUT2D eigenvalue weighted by molar-refractivity contribution is 6.30. The number of hydrogen-bond donors (Lipinski definition) is 1. The SMILES string of the molecule is CC1CC(OCc2cccc(Oc3ccc(Cl)cc3)c2)CCN1C(=O)n1ccc(C(=O)O)n1. The highest BCUT2D eigenvalue weighted by Gasteiger charge is 2.30. The van der Waals surface area contributed by atoms with Gasteiger partial charge in [0.25, 0.3) is 0 Å². The summed E-state index contributed by atoms with van der Waals surface area (Å²) in [6.07, 6.45) is 2.75. The van der Waals surface area contributed by atoms with Crippen molar-refractivity contribution in [3.63, 3.8) is 0 Å². The molecule has 2 unspecified atom stereocenters. The van der Waals surface area contributed by atoms with Gasteiger partial charge in [0.05, 0.1) is 12.7 Å². The Bertz CT molecular complexity index is 1130. The summed E-state index contributed by atoms with van der Waals surface area (Å²) in [5.74, 6) is 0.257. The van der Waals surface area contributed by atoms with Gasteiger partial charge in [0.2, 0.25) is 0 Å². The lowest BCUT2D eigenvalue weighted by Gasteiger charge is -2.37. The van der Waals surface area contributed by atoms with E-state index < -0.39 is 5.97 Å². The molecule has 1 aliphatic heterocycles. The summed E-state index contributed by atoms with van der Waals surface area (Å²) < 4.78 is 13.1. The minimum absolute atomic E-state index is 0.0112. The van der Waals surface area contributed by atoms with Crippen molar-refractivity contribution in [3.8, 4) is 11.5 Å². The second-order valence-corrected chi connectivity index (χ2v) is 8.37. The molecule has 2 aromatic carbocycles. The molecule has 1 N–H and O–H groups in total. The van der Waals surface area contributed by atoms with E-state index in [1.165, 1.54) is 12.3 Å². The number of aromatic carboxylic acids is 1. The molecule has 0 aliphatic carbocycles. The molecule has 2 heterocycles. The van der Waals surface area contributed by atoms with Gasteiger partial charge in [-0.05, 0) is 67.8 Å². The molecule has 172 valence electrons. The maximum atomic E-state index is 12.7. The summed E-state index contributed by atoms with van der Waals surface area (Å²) in [6, 6.07) is 15.8. The first kappa shape index (κ1) is 22.8. The zero-order valence-electron chi connectivity index (χ0n) is 18.1. The first-order valence-electron chi connectivity index (χ1n) is 10.6. The number of amides is 1. The third-order valence-corrected chi connectivity index (χ3v) is 5.76. The van der Waals surface area contributed by atoms with Crippen LogP contribution in [-0.4, -0.2) is 50.5 Å². The van der Waals surface area contributed by atoms with E-state index in [0.29, 0.717) is 42.5 Å². The number of carbonyl (C=O) groups is 2. The van der Waals surface area contributed by atoms with E-state index in [1.54, 1.807) is 17.0 Å². The van der Waals surface area contributed by atoms with Crippen LogP contribution in [0.25, 0.3) is 0 Å². The Kier molecular flexibility index (Phi) is 6.96. The fourth-order valence-corrected chi connectivity index (χ4v) is 3.92. The van der Waals surface area contributed by atoms with Crippen LogP contribution in [0.5, 0.6) is 11.5 Å². The van der Waals surface area contributed by atoms with E-state index in [9.17, 15) is 9.59 Å². The molecule has 1 aliphatic rings. The molecule has 0 saturated carbocycles. The van der Waals surface area contributed by atoms with E-state index in [-0.39, 0.29) is 23.9 Å². The van der Waals surface area contributed by atoms with E-state index >= 15 is 0 Å². The fraction of sp³-hybridized carbons (Fsp3) is 0.292. The minimum Gasteiger partial charge on any atom is -0.476 e. The largest absolute Gasteiger partial charge is 0.476 e. The van der Waals surface area contributed by atoms with Crippen molar-refractivity contribution < 1.29 is 24.2 Å². The molecule has 1 fully saturated rings. The van der Waals surface area contributed by atoms with Crippen LogP contribution in [0.1, 0.15) is 35.8 Å². The lowest BCUT2D eigenvalue weighted by molar-refractivity contribution is -0.0107. The third kappa shape index (κ3) is 5.71. The van der Waals surface area contributed by atoms with Crippen molar-refractivity contribution in [1.29, 1.82) is 0 Å². The number of likely N-dealkylation sites (tertiary alicyclic amines) is 1. The smallest absolute Gasteiger partial charge is 0.356 e. The predicted molar refractivity (Wildman–Crippen MR) is 122 cm³/mol. The maximum Gasteiger partial charge on any atom is 0.356 e. The normalized spacial score (nSPS) is 18.2. The summed E-state index contributed by atoms with van der Waals surface area (Å²) in [6.45, 7) is 2.90. The standard InChI is InChI=1S/C24H24ClN3O5/c1-16-13-20(9-11-27(16)24(31)28-12-10-22(26-28)23(29)30)32-15-17-3-2-4-21(14-17)33-19-7-5-18(25)6-8-19/h2-8,10,12,14,16,20H,9,11,13,15H2,1H3,(H,29,30). The number of hydrogen-bond acceptors (Lipinski definition) is 5. The average molecular weight is 470 g/mol. The Morgan fingerprint density at radius 1 is 1.15 bits per heavy atom. The number of benzene rings is 2. The van der Waals surface area contributed by atoms with Crippen LogP contribution in [-0.2, 0) is 11.3 Å². The van der Waals surface area contributed by atoms with Gasteiger partial charge in [-0.2, -0.15) is 9.78 Å². The molecule has 1 amide bonds. The summed E-state index contributed by atoms with van der Waals surface area (Å²) in [5, 5.41) is 13.5. The first-order valence-corrected chi connectivity index (χ1v) is 11.0. The van der Waals surface area contributed by atoms with Crippen molar-refractivity contribution in [2.45, 2.75) is 38.5 Å². The van der Waals surface area contributed by atoms with Crippen LogP contribution in [0.2, 0.25) is 5.02 Å². The van der Waals surface area contributed by atoms with Crippen LogP contribution >= 0.6 is 11.6 Å². The number of carboxylic acid groups (broad SMARTS) is 1. The molecule has 0 spiro atoms. The number of nitrogens with zero attached hydrogens (tertiary/aromatic N) is 3. The van der Waals surface area contributed by atoms with Crippen molar-refractivity contribution in [2.24, 2.45) is 0 Å². The topological polar surface area (TPSA) is 93.9 Å². The van der Waals surface area contributed by atoms with Crippen LogP contribution in [0.4, 0.5) is 4.79 Å². The highest BCUT2D eigenvalue weighted by atomic mass is 35.5. The highest BCUT2D eigenvalue weighted by Crippen LogP contribution is 2.26. The van der Waals surface area contributed by atoms with Gasteiger partial charge in [-0.3, -0.25) is 0 Å². The maximum absolute atomic E-state index is 12.7. The van der Waals surface area contributed by atoms with E-state index in [4.69, 9.17) is 26.2 Å². The molecule has 1 saturated heterocycles. The molecule has 0 radical (unpaired) electrons. The number of rotatable bonds is 6. The number of piperidine rings is 1. The summed E-state index contributed by atoms with van der Waals surface area (Å²) in [4.78, 5) is 25.4. The molecule has 33 heavy (non-hydrogen) atoms. The number of aromatic nitrogens is 2. The van der Waals surface area contributed by atoms with Crippen molar-refractivity contribution in [3.05, 3.63) is 77.1 Å². The molecule has 4 rings (SSSR count). The minimum atomic E-state index is -1.16. The molecular formula is C24H24ClN3O5. The third-order valence-electron chi connectivity index (χ3n) is 5.51. The zero-order chi connectivity index (χ0) is 23.4.